The zero-order chi connectivity index (χ0) is 77.6. The van der Waals surface area contributed by atoms with Crippen LogP contribution in [-0.4, -0.2) is 156 Å². The summed E-state index contributed by atoms with van der Waals surface area (Å²) in [5.74, 6) is 2.73. The minimum absolute atomic E-state index is 0.306. The maximum absolute atomic E-state index is 10.6. The smallest absolute Gasteiger partial charge is 0.399 e. The van der Waals surface area contributed by atoms with Crippen LogP contribution in [0.1, 0.15) is 49.9 Å². The van der Waals surface area contributed by atoms with E-state index in [2.05, 4.69) is 194 Å². The Bertz CT molecular complexity index is 5390. The van der Waals surface area contributed by atoms with Crippen LogP contribution in [0.5, 0.6) is 0 Å². The Balaban J connectivity index is 0.000000120. The van der Waals surface area contributed by atoms with Crippen molar-refractivity contribution in [1.29, 1.82) is 0 Å². The highest BCUT2D eigenvalue weighted by Gasteiger charge is 2.51. The summed E-state index contributed by atoms with van der Waals surface area (Å²) in [7, 11) is 7.65. The lowest BCUT2D eigenvalue weighted by atomic mass is 9.79. The highest BCUT2D eigenvalue weighted by Crippen LogP contribution is 2.37. The molecule has 14 aromatic rings. The predicted octanol–water partition coefficient (Wildman–Crippen LogP) is 13.5. The third-order valence-electron chi connectivity index (χ3n) is 20.0. The fourth-order valence-electron chi connectivity index (χ4n) is 12.8. The summed E-state index contributed by atoms with van der Waals surface area (Å²) in [6.07, 6.45) is 9.95. The number of ether oxygens (including phenoxy) is 2. The highest BCUT2D eigenvalue weighted by atomic mass is 79.9. The molecule has 8 aromatic heterocycles. The molecule has 19 rings (SSSR count). The van der Waals surface area contributed by atoms with Crippen molar-refractivity contribution in [2.75, 3.05) is 73.4 Å². The van der Waals surface area contributed by atoms with Crippen molar-refractivity contribution < 1.29 is 23.9 Å². The fraction of sp³-hybridized carbons (Fsp3) is 0.294. The summed E-state index contributed by atoms with van der Waals surface area (Å²) < 4.78 is 30.9. The molecule has 0 spiro atoms. The summed E-state index contributed by atoms with van der Waals surface area (Å²) in [5, 5.41) is 21.5. The number of hydrogen-bond acceptors (Lipinski definition) is 19. The Hall–Kier alpha value is -10.3. The normalized spacial score (nSPS) is 16.4. The molecule has 0 aliphatic carbocycles. The number of aliphatic hydroxyl groups excluding tert-OH is 1. The number of β-amino-alcohol motifs (C(OH)–C–C–N with tert-alkyl or cyclic N) is 1. The third-order valence-corrected chi connectivity index (χ3v) is 21.2. The van der Waals surface area contributed by atoms with Crippen LogP contribution in [0.3, 0.4) is 0 Å². The number of aryl methyl sites for hydroxylation is 4. The van der Waals surface area contributed by atoms with E-state index in [0.29, 0.717) is 36.9 Å². The van der Waals surface area contributed by atoms with E-state index in [9.17, 15) is 5.11 Å². The van der Waals surface area contributed by atoms with Gasteiger partial charge >= 0.3 is 7.12 Å². The third kappa shape index (κ3) is 21.1. The van der Waals surface area contributed by atoms with Crippen molar-refractivity contribution in [3.63, 3.8) is 0 Å². The van der Waals surface area contributed by atoms with Gasteiger partial charge in [-0.15, -0.1) is 0 Å². The molecule has 111 heavy (non-hydrogen) atoms. The first-order valence-corrected chi connectivity index (χ1v) is 39.2. The number of hydrogen-bond donors (Lipinski definition) is 6. The number of nitrogen functional groups attached to an aromatic ring is 2. The van der Waals surface area contributed by atoms with E-state index in [4.69, 9.17) is 35.2 Å². The maximum Gasteiger partial charge on any atom is 0.494 e. The Kier molecular flexibility index (Phi) is 25.8. The molecule has 26 heteroatoms. The number of aromatic nitrogens is 12. The molecule has 3 unspecified atom stereocenters. The minimum Gasteiger partial charge on any atom is -0.399 e. The lowest BCUT2D eigenvalue weighted by molar-refractivity contribution is 0.00578. The molecule has 0 saturated carbocycles. The van der Waals surface area contributed by atoms with Gasteiger partial charge in [-0.05, 0) is 188 Å². The molecule has 5 aliphatic heterocycles. The molecule has 5 aliphatic rings. The molecule has 3 atom stereocenters. The first kappa shape index (κ1) is 78.9. The van der Waals surface area contributed by atoms with Gasteiger partial charge in [0.15, 0.2) is 0 Å². The van der Waals surface area contributed by atoms with E-state index in [1.54, 1.807) is 18.5 Å². The number of pyridine rings is 4. The fourth-order valence-corrected chi connectivity index (χ4v) is 13.6. The number of aliphatic hydroxyl groups is 1. The Morgan fingerprint density at radius 3 is 1.44 bits per heavy atom. The topological polar surface area (TPSA) is 278 Å². The summed E-state index contributed by atoms with van der Waals surface area (Å²) in [6.45, 7) is 16.1. The van der Waals surface area contributed by atoms with Crippen molar-refractivity contribution >= 4 is 112 Å². The van der Waals surface area contributed by atoms with Gasteiger partial charge in [0.25, 0.3) is 0 Å². The van der Waals surface area contributed by atoms with Crippen LogP contribution in [0.25, 0.3) is 77.9 Å². The quantitative estimate of drug-likeness (QED) is 0.0271. The maximum atomic E-state index is 10.6. The van der Waals surface area contributed by atoms with Crippen LogP contribution >= 0.6 is 31.9 Å². The summed E-state index contributed by atoms with van der Waals surface area (Å²) in [4.78, 5) is 37.2. The average Bonchev–Trinajstić information content (AvgIpc) is 1.61. The van der Waals surface area contributed by atoms with Crippen LogP contribution < -0.4 is 32.9 Å². The molecule has 3 fully saturated rings. The van der Waals surface area contributed by atoms with Crippen LogP contribution in [0.2, 0.25) is 0 Å². The van der Waals surface area contributed by atoms with E-state index in [1.807, 2.05) is 169 Å². The van der Waals surface area contributed by atoms with Gasteiger partial charge in [-0.2, -0.15) is 0 Å². The van der Waals surface area contributed by atoms with Crippen LogP contribution in [0.4, 0.5) is 23.3 Å². The summed E-state index contributed by atoms with van der Waals surface area (Å²) in [6, 6.07) is 64.8. The van der Waals surface area contributed by atoms with Crippen LogP contribution in [0, 0.1) is 0 Å². The number of halogens is 2. The number of nitrogens with two attached hydrogens (primary N) is 2. The number of rotatable bonds is 13. The standard InChI is InChI=1S/C25H27N5O.C16H16N4O.C14H19BN2O2.C13H12N4.C9H11N.C5H5BrN2.C3H5BrO/c1-29-17-27-23-10-9-19(13-24(23)29)22-7-4-8-25(28-22)26-14-21(31)16-30-12-11-18-5-2-3-6-20(18)15-30;1-20-10-18-14-6-5-11(7-15(14)20)13-3-2-4-16(19-13)17-8-12-9-21-12;1-13(2)14(3,4)19-15(18-13)10-6-7-11-12(8-10)17(5)9-16-11;1-17-8-15-11-6-5-9(7-12(11)17)10-3-2-4-13(14)16-10;1-2-4-9-7-10-6-5-8(9)3-1;6-4-2-1-3-5(7)8-4;4-1-3-2-5-3/h2-10,13,17,21,31H,11-12,14-16H2,1H3,(H,26,28);2-7,10,12H,8-9H2,1H3,(H,17,19);6-9H,1-5H3;2-8H,1H3,(H2,14,16);1-4,10H,5-7H2;1-3H,(H2,7,8);3H,1-2H2. The minimum atomic E-state index is -0.457. The second kappa shape index (κ2) is 36.3. The molecule has 6 aromatic carbocycles. The van der Waals surface area contributed by atoms with E-state index in [-0.39, 0.29) is 18.3 Å². The highest BCUT2D eigenvalue weighted by molar-refractivity contribution is 9.10. The number of nitrogens with zero attached hydrogens (tertiary/aromatic N) is 13. The van der Waals surface area contributed by atoms with E-state index >= 15 is 0 Å². The molecule has 0 radical (unpaired) electrons. The number of fused-ring (bicyclic) bond motifs is 6. The monoisotopic (exact) mass is 1620 g/mol. The Morgan fingerprint density at radius 1 is 0.523 bits per heavy atom. The Labute approximate surface area is 664 Å². The zero-order valence-corrected chi connectivity index (χ0v) is 67.1. The predicted molar refractivity (Wildman–Crippen MR) is 453 cm³/mol. The van der Waals surface area contributed by atoms with Gasteiger partial charge in [-0.1, -0.05) is 113 Å². The van der Waals surface area contributed by atoms with Crippen molar-refractivity contribution in [3.8, 4) is 33.8 Å². The molecule has 13 heterocycles. The number of imidazole rings is 4. The second-order valence-corrected chi connectivity index (χ2v) is 30.4. The van der Waals surface area contributed by atoms with Crippen molar-refractivity contribution in [2.45, 2.75) is 83.1 Å². The zero-order valence-electron chi connectivity index (χ0n) is 63.9. The summed E-state index contributed by atoms with van der Waals surface area (Å²) >= 11 is 6.42. The second-order valence-electron chi connectivity index (χ2n) is 28.9. The van der Waals surface area contributed by atoms with Gasteiger partial charge in [0.2, 0.25) is 0 Å². The van der Waals surface area contributed by atoms with Crippen molar-refractivity contribution in [3.05, 3.63) is 246 Å². The number of nitrogens with one attached hydrogen (secondary N) is 3. The van der Waals surface area contributed by atoms with Gasteiger partial charge in [0.05, 0.1) is 129 Å². The molecular weight excluding hydrogens is 1520 g/mol. The van der Waals surface area contributed by atoms with Crippen LogP contribution in [0.15, 0.2) is 224 Å². The van der Waals surface area contributed by atoms with Gasteiger partial charge in [-0.3, -0.25) is 4.90 Å². The van der Waals surface area contributed by atoms with E-state index in [0.717, 1.165) is 157 Å². The summed E-state index contributed by atoms with van der Waals surface area (Å²) in [5.41, 5.74) is 31.5. The molecule has 572 valence electrons. The SMILES string of the molecule is BrCC1CO1.Cn1cnc2ccc(-c3cccc(N)n3)cc21.Cn1cnc2ccc(-c3cccc(NCC(O)CN4CCc5ccccc5C4)n3)cc21.Cn1cnc2ccc(-c3cccc(NCC4CO4)n3)cc21.Cn1cnc2ccc(B3OC(C)(C)C(C)(C)O3)cc21.Nc1cccc(Br)n1.c1ccc2c(c1)CCNC2. The van der Waals surface area contributed by atoms with Crippen molar-refractivity contribution in [2.24, 2.45) is 28.2 Å². The van der Waals surface area contributed by atoms with Gasteiger partial charge < -0.3 is 69.6 Å². The number of anilines is 4. The molecule has 23 nitrogen and oxygen atoms in total. The van der Waals surface area contributed by atoms with Gasteiger partial charge in [0, 0.05) is 89.5 Å². The largest absolute Gasteiger partial charge is 0.494 e. The van der Waals surface area contributed by atoms with Crippen LogP contribution in [-0.2, 0) is 72.9 Å². The van der Waals surface area contributed by atoms with E-state index in [1.165, 1.54) is 28.7 Å². The molecule has 3 saturated heterocycles. The van der Waals surface area contributed by atoms with E-state index < -0.39 is 6.10 Å². The lowest BCUT2D eigenvalue weighted by Crippen LogP contribution is -2.41. The van der Waals surface area contributed by atoms with Crippen molar-refractivity contribution in [1.82, 2.24) is 68.4 Å². The number of alkyl halides is 1. The van der Waals surface area contributed by atoms with Gasteiger partial charge in [0.1, 0.15) is 27.9 Å². The first-order valence-electron chi connectivity index (χ1n) is 37.3. The number of epoxide rings is 2. The lowest BCUT2D eigenvalue weighted by Gasteiger charge is -2.32. The number of benzene rings is 6. The Morgan fingerprint density at radius 2 is 0.973 bits per heavy atom. The molecule has 8 N–H and O–H groups in total. The first-order chi connectivity index (χ1) is 53.7. The molecule has 0 amide bonds. The molecular formula is C85H95BBr2N18O5. The van der Waals surface area contributed by atoms with Gasteiger partial charge in [-0.25, -0.2) is 39.9 Å². The molecule has 0 bridgehead atoms. The average molecular weight is 1620 g/mol.